The molecule has 0 aliphatic carbocycles. The molecule has 13 heavy (non-hydrogen) atoms. The van der Waals surface area contributed by atoms with Gasteiger partial charge in [0.25, 0.3) is 10.2 Å². The van der Waals surface area contributed by atoms with E-state index in [4.69, 9.17) is 5.14 Å². The van der Waals surface area contributed by atoms with Crippen molar-refractivity contribution in [1.29, 1.82) is 0 Å². The van der Waals surface area contributed by atoms with Crippen LogP contribution in [0.25, 0.3) is 0 Å². The molecule has 7 heteroatoms. The Labute approximate surface area is 77.1 Å². The van der Waals surface area contributed by atoms with Gasteiger partial charge in [-0.2, -0.15) is 8.42 Å². The molecule has 1 unspecified atom stereocenters. The summed E-state index contributed by atoms with van der Waals surface area (Å²) in [5.74, 6) is -0.0348. The molecule has 1 atom stereocenters. The molecule has 1 aliphatic heterocycles. The van der Waals surface area contributed by atoms with Gasteiger partial charge in [0.2, 0.25) is 5.91 Å². The fourth-order valence-corrected chi connectivity index (χ4v) is 1.68. The molecule has 76 valence electrons. The summed E-state index contributed by atoms with van der Waals surface area (Å²) in [6, 6.07) is -0.125. The highest BCUT2D eigenvalue weighted by Crippen LogP contribution is 2.06. The molecule has 0 saturated carbocycles. The predicted molar refractivity (Wildman–Crippen MR) is 46.9 cm³/mol. The van der Waals surface area contributed by atoms with Gasteiger partial charge in [0.1, 0.15) is 0 Å². The third-order valence-corrected chi connectivity index (χ3v) is 2.42. The zero-order valence-electron chi connectivity index (χ0n) is 7.12. The minimum Gasteiger partial charge on any atom is -0.352 e. The van der Waals surface area contributed by atoms with E-state index in [0.717, 1.165) is 12.8 Å². The van der Waals surface area contributed by atoms with Crippen molar-refractivity contribution in [1.82, 2.24) is 10.0 Å². The van der Waals surface area contributed by atoms with Crippen LogP contribution in [0, 0.1) is 0 Å². The van der Waals surface area contributed by atoms with Gasteiger partial charge in [-0.1, -0.05) is 0 Å². The van der Waals surface area contributed by atoms with E-state index in [1.165, 1.54) is 0 Å². The summed E-state index contributed by atoms with van der Waals surface area (Å²) in [5, 5.41) is 7.40. The lowest BCUT2D eigenvalue weighted by Gasteiger charge is -2.22. The molecule has 0 radical (unpaired) electrons. The van der Waals surface area contributed by atoms with Gasteiger partial charge in [-0.05, 0) is 12.8 Å². The summed E-state index contributed by atoms with van der Waals surface area (Å²) >= 11 is 0. The molecule has 6 nitrogen and oxygen atoms in total. The second-order valence-electron chi connectivity index (χ2n) is 3.05. The number of nitrogens with two attached hydrogens (primary N) is 1. The van der Waals surface area contributed by atoms with E-state index >= 15 is 0 Å². The van der Waals surface area contributed by atoms with E-state index in [0.29, 0.717) is 6.42 Å². The second-order valence-corrected chi connectivity index (χ2v) is 4.43. The van der Waals surface area contributed by atoms with Crippen molar-refractivity contribution in [2.45, 2.75) is 25.3 Å². The molecule has 1 aliphatic rings. The first-order valence-corrected chi connectivity index (χ1v) is 5.59. The van der Waals surface area contributed by atoms with Crippen LogP contribution in [0.15, 0.2) is 0 Å². The van der Waals surface area contributed by atoms with Crippen molar-refractivity contribution in [3.63, 3.8) is 0 Å². The summed E-state index contributed by atoms with van der Waals surface area (Å²) in [7, 11) is -3.64. The van der Waals surface area contributed by atoms with Gasteiger partial charge < -0.3 is 5.32 Å². The Kier molecular flexibility index (Phi) is 3.23. The summed E-state index contributed by atoms with van der Waals surface area (Å²) in [5.41, 5.74) is 0. The molecule has 1 rings (SSSR count). The smallest absolute Gasteiger partial charge is 0.274 e. The number of carbonyl (C=O) groups is 1. The molecule has 0 aromatic rings. The highest BCUT2D eigenvalue weighted by Gasteiger charge is 2.18. The Balaban J connectivity index is 2.33. The van der Waals surface area contributed by atoms with Crippen LogP contribution in [-0.4, -0.2) is 26.9 Å². The van der Waals surface area contributed by atoms with E-state index < -0.39 is 10.2 Å². The monoisotopic (exact) mass is 207 g/mol. The Bertz CT molecular complexity index is 287. The van der Waals surface area contributed by atoms with Gasteiger partial charge in [0, 0.05) is 19.0 Å². The Morgan fingerprint density at radius 2 is 2.31 bits per heavy atom. The van der Waals surface area contributed by atoms with Gasteiger partial charge in [0.05, 0.1) is 0 Å². The fourth-order valence-electron chi connectivity index (χ4n) is 1.25. The number of hydrogen-bond acceptors (Lipinski definition) is 3. The average Bonchev–Trinajstić information content (AvgIpc) is 2.00. The first-order valence-electron chi connectivity index (χ1n) is 4.04. The van der Waals surface area contributed by atoms with Crippen LogP contribution < -0.4 is 15.2 Å². The van der Waals surface area contributed by atoms with Crippen molar-refractivity contribution in [2.75, 3.05) is 6.54 Å². The minimum atomic E-state index is -3.64. The van der Waals surface area contributed by atoms with E-state index in [-0.39, 0.29) is 18.5 Å². The fraction of sp³-hybridized carbons (Fsp3) is 0.833. The van der Waals surface area contributed by atoms with Gasteiger partial charge in [-0.25, -0.2) is 9.86 Å². The lowest BCUT2D eigenvalue weighted by molar-refractivity contribution is -0.123. The molecular formula is C6H13N3O3S. The van der Waals surface area contributed by atoms with Crippen molar-refractivity contribution < 1.29 is 13.2 Å². The summed E-state index contributed by atoms with van der Waals surface area (Å²) in [6.45, 7) is 0.171. The second kappa shape index (κ2) is 4.03. The van der Waals surface area contributed by atoms with Crippen LogP contribution in [-0.2, 0) is 15.0 Å². The van der Waals surface area contributed by atoms with Crippen LogP contribution in [0.3, 0.4) is 0 Å². The largest absolute Gasteiger partial charge is 0.352 e. The van der Waals surface area contributed by atoms with Crippen molar-refractivity contribution in [3.05, 3.63) is 0 Å². The number of nitrogens with one attached hydrogen (secondary N) is 2. The van der Waals surface area contributed by atoms with Crippen LogP contribution in [0.5, 0.6) is 0 Å². The van der Waals surface area contributed by atoms with E-state index in [1.807, 2.05) is 0 Å². The maximum Gasteiger partial charge on any atom is 0.274 e. The number of amides is 1. The molecule has 0 bridgehead atoms. The normalized spacial score (nSPS) is 24.1. The van der Waals surface area contributed by atoms with Crippen LogP contribution in [0.4, 0.5) is 0 Å². The zero-order valence-corrected chi connectivity index (χ0v) is 7.93. The first kappa shape index (κ1) is 10.4. The summed E-state index contributed by atoms with van der Waals surface area (Å²) in [4.78, 5) is 10.9. The molecular weight excluding hydrogens is 194 g/mol. The van der Waals surface area contributed by atoms with Crippen molar-refractivity contribution >= 4 is 16.1 Å². The molecule has 0 spiro atoms. The lowest BCUT2D eigenvalue weighted by Crippen LogP contribution is -2.47. The predicted octanol–water partition coefficient (Wildman–Crippen LogP) is -1.55. The van der Waals surface area contributed by atoms with E-state index in [9.17, 15) is 13.2 Å². The third-order valence-electron chi connectivity index (χ3n) is 1.85. The standard InChI is InChI=1S/C6H13N3O3S/c7-13(11,12)8-4-5-2-1-3-6(10)9-5/h5,8H,1-4H2,(H,9,10)(H2,7,11,12). The van der Waals surface area contributed by atoms with E-state index in [1.54, 1.807) is 0 Å². The van der Waals surface area contributed by atoms with Crippen molar-refractivity contribution in [3.8, 4) is 0 Å². The molecule has 1 fully saturated rings. The first-order chi connectivity index (χ1) is 5.97. The van der Waals surface area contributed by atoms with Crippen molar-refractivity contribution in [2.24, 2.45) is 5.14 Å². The number of carbonyl (C=O) groups excluding carboxylic acids is 1. The van der Waals surface area contributed by atoms with Gasteiger partial charge >= 0.3 is 0 Å². The number of piperidine rings is 1. The molecule has 1 amide bonds. The van der Waals surface area contributed by atoms with Gasteiger partial charge in [0.15, 0.2) is 0 Å². The lowest BCUT2D eigenvalue weighted by atomic mass is 10.1. The molecule has 1 heterocycles. The third kappa shape index (κ3) is 4.20. The molecule has 4 N–H and O–H groups in total. The summed E-state index contributed by atoms with van der Waals surface area (Å²) in [6.07, 6.45) is 2.10. The number of hydrogen-bond donors (Lipinski definition) is 3. The Hall–Kier alpha value is -0.660. The maximum absolute atomic E-state index is 10.9. The van der Waals surface area contributed by atoms with Crippen LogP contribution in [0.1, 0.15) is 19.3 Å². The molecule has 0 aromatic heterocycles. The highest BCUT2D eigenvalue weighted by atomic mass is 32.2. The van der Waals surface area contributed by atoms with E-state index in [2.05, 4.69) is 10.0 Å². The van der Waals surface area contributed by atoms with Gasteiger partial charge in [-0.15, -0.1) is 0 Å². The zero-order chi connectivity index (χ0) is 9.90. The quantitative estimate of drug-likeness (QED) is 0.522. The molecule has 0 aromatic carbocycles. The SMILES string of the molecule is NS(=O)(=O)NCC1CCCC(=O)N1. The Morgan fingerprint density at radius 3 is 2.85 bits per heavy atom. The summed E-state index contributed by atoms with van der Waals surface area (Å²) < 4.78 is 23.2. The Morgan fingerprint density at radius 1 is 1.62 bits per heavy atom. The molecule has 1 saturated heterocycles. The topological polar surface area (TPSA) is 101 Å². The average molecular weight is 207 g/mol. The van der Waals surface area contributed by atoms with Gasteiger partial charge in [-0.3, -0.25) is 4.79 Å². The minimum absolute atomic E-state index is 0.0348. The van der Waals surface area contributed by atoms with Crippen LogP contribution >= 0.6 is 0 Å². The number of rotatable bonds is 3. The highest BCUT2D eigenvalue weighted by molar-refractivity contribution is 7.87. The van der Waals surface area contributed by atoms with Crippen LogP contribution in [0.2, 0.25) is 0 Å². The maximum atomic E-state index is 10.9.